The second-order valence-corrected chi connectivity index (χ2v) is 11.8. The van der Waals surface area contributed by atoms with Crippen LogP contribution in [0.2, 0.25) is 0 Å². The van der Waals surface area contributed by atoms with Crippen molar-refractivity contribution in [3.8, 4) is 29.0 Å². The molecule has 0 amide bonds. The number of hydrogen-bond acceptors (Lipinski definition) is 4. The Kier molecular flexibility index (Phi) is 4.87. The molecule has 0 spiro atoms. The summed E-state index contributed by atoms with van der Waals surface area (Å²) in [4.78, 5) is 0. The molecule has 0 saturated carbocycles. The van der Waals surface area contributed by atoms with Gasteiger partial charge in [-0.3, -0.25) is 0 Å². The van der Waals surface area contributed by atoms with Crippen LogP contribution in [0.5, 0.6) is 0 Å². The van der Waals surface area contributed by atoms with Gasteiger partial charge in [0.25, 0.3) is 0 Å². The summed E-state index contributed by atoms with van der Waals surface area (Å²) >= 11 is 1.79. The first-order valence-corrected chi connectivity index (χ1v) is 14.8. The van der Waals surface area contributed by atoms with Gasteiger partial charge in [-0.2, -0.15) is 10.5 Å². The summed E-state index contributed by atoms with van der Waals surface area (Å²) in [5.41, 5.74) is 6.11. The molecule has 3 heterocycles. The van der Waals surface area contributed by atoms with Crippen LogP contribution in [0.4, 0.5) is 0 Å². The first-order valence-electron chi connectivity index (χ1n) is 14.0. The van der Waals surface area contributed by atoms with Crippen molar-refractivity contribution in [1.82, 2.24) is 4.57 Å². The topological polar surface area (TPSA) is 65.7 Å². The minimum Gasteiger partial charge on any atom is -0.454 e. The van der Waals surface area contributed by atoms with E-state index in [0.717, 1.165) is 38.1 Å². The van der Waals surface area contributed by atoms with Gasteiger partial charge < -0.3 is 8.98 Å². The summed E-state index contributed by atoms with van der Waals surface area (Å²) in [6, 6.07) is 43.8. The molecule has 0 radical (unpaired) electrons. The Morgan fingerprint density at radius 3 is 2.09 bits per heavy atom. The van der Waals surface area contributed by atoms with Crippen LogP contribution in [0.25, 0.3) is 80.7 Å². The highest BCUT2D eigenvalue weighted by Crippen LogP contribution is 2.47. The number of nitriles is 2. The molecule has 6 aromatic carbocycles. The van der Waals surface area contributed by atoms with Crippen molar-refractivity contribution in [2.45, 2.75) is 0 Å². The fourth-order valence-corrected chi connectivity index (χ4v) is 7.82. The molecule has 9 aromatic rings. The summed E-state index contributed by atoms with van der Waals surface area (Å²) in [6.45, 7) is 0. The van der Waals surface area contributed by atoms with Gasteiger partial charge >= 0.3 is 0 Å². The molecule has 4 nitrogen and oxygen atoms in total. The zero-order valence-electron chi connectivity index (χ0n) is 22.6. The molecule has 198 valence electrons. The largest absolute Gasteiger partial charge is 0.454 e. The maximum atomic E-state index is 10.9. The third-order valence-electron chi connectivity index (χ3n) is 8.48. The Labute approximate surface area is 249 Å². The smallest absolute Gasteiger partial charge is 0.162 e. The lowest BCUT2D eigenvalue weighted by Gasteiger charge is -2.16. The molecule has 0 aliphatic rings. The molecule has 0 N–H and O–H groups in total. The van der Waals surface area contributed by atoms with Crippen LogP contribution >= 0.6 is 11.3 Å². The summed E-state index contributed by atoms with van der Waals surface area (Å²) in [7, 11) is 0. The van der Waals surface area contributed by atoms with Crippen molar-refractivity contribution in [3.63, 3.8) is 0 Å². The van der Waals surface area contributed by atoms with E-state index in [2.05, 4.69) is 71.3 Å². The monoisotopic (exact) mass is 565 g/mol. The van der Waals surface area contributed by atoms with Gasteiger partial charge in [-0.1, -0.05) is 84.9 Å². The summed E-state index contributed by atoms with van der Waals surface area (Å²) in [5.74, 6) is 0. The standard InChI is InChI=1S/C38H19N3OS/c39-20-28-35(22-10-2-1-3-11-22)29(21-40)37(38-36(28)25-14-5-8-16-32(25)42-38)41-30-15-7-4-12-23(30)26-19-34-27(18-31(26)41)24-13-6-9-17-33(24)43-34/h1-19H. The van der Waals surface area contributed by atoms with Crippen LogP contribution in [-0.2, 0) is 0 Å². The maximum absolute atomic E-state index is 10.9. The van der Waals surface area contributed by atoms with E-state index in [1.54, 1.807) is 11.3 Å². The van der Waals surface area contributed by atoms with Crippen molar-refractivity contribution >= 4 is 75.3 Å². The lowest BCUT2D eigenvalue weighted by Crippen LogP contribution is -2.03. The average molecular weight is 566 g/mol. The number of thiophene rings is 1. The van der Waals surface area contributed by atoms with E-state index in [-0.39, 0.29) is 0 Å². The Bertz CT molecular complexity index is 2700. The predicted molar refractivity (Wildman–Crippen MR) is 176 cm³/mol. The van der Waals surface area contributed by atoms with Gasteiger partial charge in [0.1, 0.15) is 23.4 Å². The van der Waals surface area contributed by atoms with Crippen LogP contribution in [0, 0.1) is 22.7 Å². The van der Waals surface area contributed by atoms with Gasteiger partial charge in [0.15, 0.2) is 5.58 Å². The fourth-order valence-electron chi connectivity index (χ4n) is 6.70. The number of fused-ring (bicyclic) bond motifs is 9. The van der Waals surface area contributed by atoms with Crippen molar-refractivity contribution < 1.29 is 4.42 Å². The fraction of sp³-hybridized carbons (Fsp3) is 0. The summed E-state index contributed by atoms with van der Waals surface area (Å²) in [6.07, 6.45) is 0. The van der Waals surface area contributed by atoms with E-state index in [1.165, 1.54) is 20.2 Å². The predicted octanol–water partition coefficient (Wildman–Crippen LogP) is 10.5. The minimum atomic E-state index is 0.409. The molecule has 0 fully saturated rings. The lowest BCUT2D eigenvalue weighted by atomic mass is 9.90. The normalized spacial score (nSPS) is 11.7. The number of hydrogen-bond donors (Lipinski definition) is 0. The van der Waals surface area contributed by atoms with Crippen LogP contribution in [0.3, 0.4) is 0 Å². The van der Waals surface area contributed by atoms with Crippen LogP contribution < -0.4 is 0 Å². The number of rotatable bonds is 2. The molecule has 43 heavy (non-hydrogen) atoms. The third-order valence-corrected chi connectivity index (χ3v) is 9.61. The van der Waals surface area contributed by atoms with Crippen LogP contribution in [-0.4, -0.2) is 4.57 Å². The Morgan fingerprint density at radius 2 is 1.28 bits per heavy atom. The van der Waals surface area contributed by atoms with E-state index in [0.29, 0.717) is 33.5 Å². The molecule has 3 aromatic heterocycles. The number of para-hydroxylation sites is 2. The first-order chi connectivity index (χ1) is 21.3. The maximum Gasteiger partial charge on any atom is 0.162 e. The zero-order valence-corrected chi connectivity index (χ0v) is 23.4. The molecule has 0 aliphatic carbocycles. The highest BCUT2D eigenvalue weighted by molar-refractivity contribution is 7.25. The molecule has 9 rings (SSSR count). The van der Waals surface area contributed by atoms with Gasteiger partial charge in [-0.05, 0) is 35.9 Å². The van der Waals surface area contributed by atoms with Crippen molar-refractivity contribution in [1.29, 1.82) is 10.5 Å². The third kappa shape index (κ3) is 3.17. The van der Waals surface area contributed by atoms with E-state index in [1.807, 2.05) is 60.7 Å². The molecule has 0 bridgehead atoms. The van der Waals surface area contributed by atoms with Crippen LogP contribution in [0.1, 0.15) is 11.1 Å². The van der Waals surface area contributed by atoms with Gasteiger partial charge in [-0.25, -0.2) is 0 Å². The van der Waals surface area contributed by atoms with Gasteiger partial charge in [0.05, 0.1) is 22.2 Å². The molecule has 5 heteroatoms. The van der Waals surface area contributed by atoms with E-state index < -0.39 is 0 Å². The van der Waals surface area contributed by atoms with Crippen molar-refractivity contribution in [2.24, 2.45) is 0 Å². The number of aromatic nitrogens is 1. The van der Waals surface area contributed by atoms with Gasteiger partial charge in [-0.15, -0.1) is 11.3 Å². The summed E-state index contributed by atoms with van der Waals surface area (Å²) < 4.78 is 11.2. The number of benzene rings is 6. The highest BCUT2D eigenvalue weighted by Gasteiger charge is 2.28. The number of nitrogens with zero attached hydrogens (tertiary/aromatic N) is 3. The van der Waals surface area contributed by atoms with Crippen molar-refractivity contribution in [3.05, 3.63) is 126 Å². The second-order valence-electron chi connectivity index (χ2n) is 10.7. The van der Waals surface area contributed by atoms with Crippen molar-refractivity contribution in [2.75, 3.05) is 0 Å². The molecule has 0 aliphatic heterocycles. The Balaban J connectivity index is 1.56. The molecule has 0 unspecified atom stereocenters. The Morgan fingerprint density at radius 1 is 0.581 bits per heavy atom. The molecular formula is C38H19N3OS. The van der Waals surface area contributed by atoms with E-state index in [4.69, 9.17) is 4.42 Å². The van der Waals surface area contributed by atoms with E-state index >= 15 is 0 Å². The summed E-state index contributed by atoms with van der Waals surface area (Å²) in [5, 5.41) is 27.7. The SMILES string of the molecule is N#Cc1c(-c2ccccc2)c(C#N)c2c(oc3ccccc32)c1-n1c2ccccc2c2cc3sc4ccccc4c3cc21. The average Bonchev–Trinajstić information content (AvgIpc) is 3.72. The van der Waals surface area contributed by atoms with Gasteiger partial charge in [0, 0.05) is 47.3 Å². The zero-order chi connectivity index (χ0) is 28.7. The molecule has 0 atom stereocenters. The Hall–Kier alpha value is -5.88. The lowest BCUT2D eigenvalue weighted by molar-refractivity contribution is 0.666. The molecular weight excluding hydrogens is 547 g/mol. The van der Waals surface area contributed by atoms with Crippen LogP contribution in [0.15, 0.2) is 120 Å². The molecule has 0 saturated heterocycles. The van der Waals surface area contributed by atoms with Gasteiger partial charge in [0.2, 0.25) is 0 Å². The second kappa shape index (κ2) is 8.81. The first kappa shape index (κ1) is 23.8. The number of furan rings is 1. The minimum absolute atomic E-state index is 0.409. The highest BCUT2D eigenvalue weighted by atomic mass is 32.1. The van der Waals surface area contributed by atoms with E-state index in [9.17, 15) is 10.5 Å². The quantitative estimate of drug-likeness (QED) is 0.209.